The van der Waals surface area contributed by atoms with Gasteiger partial charge in [-0.25, -0.2) is 0 Å². The number of nitrogens with two attached hydrogens (primary N) is 1. The first-order valence-electron chi connectivity index (χ1n) is 6.41. The van der Waals surface area contributed by atoms with Crippen molar-refractivity contribution in [2.75, 3.05) is 7.11 Å². The molecule has 1 fully saturated rings. The number of thioether (sulfide) groups is 1. The van der Waals surface area contributed by atoms with Crippen molar-refractivity contribution in [3.63, 3.8) is 0 Å². The zero-order valence-electron chi connectivity index (χ0n) is 10.5. The zero-order chi connectivity index (χ0) is 12.5. The summed E-state index contributed by atoms with van der Waals surface area (Å²) in [5.41, 5.74) is 7.23. The Kier molecular flexibility index (Phi) is 3.31. The minimum absolute atomic E-state index is 0.365. The van der Waals surface area contributed by atoms with Gasteiger partial charge in [0.05, 0.1) is 18.2 Å². The van der Waals surface area contributed by atoms with Crippen LogP contribution < -0.4 is 10.5 Å². The molecule has 1 heterocycles. The third-order valence-electron chi connectivity index (χ3n) is 3.68. The molecule has 0 spiro atoms. The third-order valence-corrected chi connectivity index (χ3v) is 5.05. The van der Waals surface area contributed by atoms with Crippen LogP contribution in [0.2, 0.25) is 0 Å². The zero-order valence-corrected chi connectivity index (χ0v) is 11.3. The molecule has 0 amide bonds. The van der Waals surface area contributed by atoms with Gasteiger partial charge in [0.15, 0.2) is 0 Å². The summed E-state index contributed by atoms with van der Waals surface area (Å²) in [7, 11) is 1.69. The van der Waals surface area contributed by atoms with E-state index in [9.17, 15) is 0 Å². The molecule has 0 bridgehead atoms. The summed E-state index contributed by atoms with van der Waals surface area (Å²) >= 11 is 1.89. The van der Waals surface area contributed by atoms with E-state index >= 15 is 0 Å². The Labute approximate surface area is 112 Å². The van der Waals surface area contributed by atoms with E-state index in [0.29, 0.717) is 17.3 Å². The van der Waals surface area contributed by atoms with E-state index in [1.54, 1.807) is 7.11 Å². The average molecular weight is 262 g/mol. The Morgan fingerprint density at radius 1 is 1.28 bits per heavy atom. The predicted octanol–water partition coefficient (Wildman–Crippen LogP) is 2.44. The van der Waals surface area contributed by atoms with Crippen LogP contribution in [0.4, 0.5) is 0 Å². The minimum atomic E-state index is 0.365. The highest BCUT2D eigenvalue weighted by atomic mass is 32.2. The van der Waals surface area contributed by atoms with Crippen molar-refractivity contribution < 1.29 is 4.74 Å². The molecule has 2 aliphatic rings. The van der Waals surface area contributed by atoms with E-state index in [0.717, 1.165) is 25.0 Å². The highest BCUT2D eigenvalue weighted by molar-refractivity contribution is 8.15. The van der Waals surface area contributed by atoms with Crippen molar-refractivity contribution >= 4 is 16.8 Å². The van der Waals surface area contributed by atoms with Crippen LogP contribution in [-0.4, -0.2) is 29.5 Å². The van der Waals surface area contributed by atoms with E-state index < -0.39 is 0 Å². The number of fused-ring (bicyclic) bond motifs is 1. The molecule has 1 aromatic carbocycles. The molecule has 0 radical (unpaired) electrons. The van der Waals surface area contributed by atoms with Gasteiger partial charge < -0.3 is 10.5 Å². The number of rotatable bonds is 2. The molecule has 1 aliphatic carbocycles. The number of aliphatic imine (C=N–C) groups is 1. The summed E-state index contributed by atoms with van der Waals surface area (Å²) in [6.07, 6.45) is 3.35. The van der Waals surface area contributed by atoms with Crippen LogP contribution in [0.5, 0.6) is 5.75 Å². The monoisotopic (exact) mass is 262 g/mol. The fourth-order valence-corrected chi connectivity index (χ4v) is 4.07. The quantitative estimate of drug-likeness (QED) is 0.890. The number of benzene rings is 1. The Morgan fingerprint density at radius 3 is 2.78 bits per heavy atom. The molecule has 1 aliphatic heterocycles. The first kappa shape index (κ1) is 12.1. The lowest BCUT2D eigenvalue weighted by molar-refractivity contribution is 0.412. The molecule has 3 rings (SSSR count). The fraction of sp³-hybridized carbons (Fsp3) is 0.500. The second-order valence-corrected chi connectivity index (χ2v) is 6.19. The topological polar surface area (TPSA) is 47.6 Å². The van der Waals surface area contributed by atoms with E-state index in [2.05, 4.69) is 12.1 Å². The first-order valence-corrected chi connectivity index (χ1v) is 7.28. The molecule has 1 aromatic rings. The lowest BCUT2D eigenvalue weighted by atomic mass is 9.92. The molecule has 0 saturated heterocycles. The first-order chi connectivity index (χ1) is 8.76. The highest BCUT2D eigenvalue weighted by Crippen LogP contribution is 2.38. The largest absolute Gasteiger partial charge is 0.497 e. The third kappa shape index (κ3) is 2.27. The van der Waals surface area contributed by atoms with Gasteiger partial charge in [0.25, 0.3) is 0 Å². The van der Waals surface area contributed by atoms with Crippen molar-refractivity contribution in [2.45, 2.75) is 36.6 Å². The molecule has 18 heavy (non-hydrogen) atoms. The van der Waals surface area contributed by atoms with Crippen LogP contribution >= 0.6 is 11.8 Å². The van der Waals surface area contributed by atoms with Crippen LogP contribution in [0.1, 0.15) is 24.8 Å². The molecule has 1 saturated carbocycles. The second-order valence-electron chi connectivity index (χ2n) is 4.96. The Balaban J connectivity index is 1.77. The van der Waals surface area contributed by atoms with Crippen molar-refractivity contribution in [1.29, 1.82) is 0 Å². The number of hydrogen-bond donors (Lipinski definition) is 1. The van der Waals surface area contributed by atoms with Gasteiger partial charge in [0, 0.05) is 16.9 Å². The van der Waals surface area contributed by atoms with Gasteiger partial charge in [0.1, 0.15) is 5.75 Å². The molecule has 3 atom stereocenters. The Morgan fingerprint density at radius 2 is 2.06 bits per heavy atom. The molecule has 0 aromatic heterocycles. The Hall–Kier alpha value is -1.00. The number of hydrogen-bond acceptors (Lipinski definition) is 4. The predicted molar refractivity (Wildman–Crippen MR) is 76.5 cm³/mol. The molecule has 3 unspecified atom stereocenters. The number of nitrogens with zero attached hydrogens (tertiary/aromatic N) is 1. The van der Waals surface area contributed by atoms with Gasteiger partial charge in [-0.15, -0.1) is 11.8 Å². The van der Waals surface area contributed by atoms with Crippen LogP contribution in [0.15, 0.2) is 29.3 Å². The molecular weight excluding hydrogens is 244 g/mol. The van der Waals surface area contributed by atoms with Crippen LogP contribution in [0, 0.1) is 0 Å². The van der Waals surface area contributed by atoms with Crippen molar-refractivity contribution in [3.05, 3.63) is 29.8 Å². The van der Waals surface area contributed by atoms with Crippen molar-refractivity contribution in [3.8, 4) is 5.75 Å². The number of methoxy groups -OCH3 is 1. The van der Waals surface area contributed by atoms with Crippen LogP contribution in [-0.2, 0) is 0 Å². The summed E-state index contributed by atoms with van der Waals surface area (Å²) in [4.78, 5) is 4.85. The van der Waals surface area contributed by atoms with E-state index in [1.165, 1.54) is 10.6 Å². The molecule has 4 heteroatoms. The van der Waals surface area contributed by atoms with E-state index in [-0.39, 0.29) is 0 Å². The van der Waals surface area contributed by atoms with Gasteiger partial charge >= 0.3 is 0 Å². The Bertz CT molecular complexity index is 457. The van der Waals surface area contributed by atoms with Gasteiger partial charge in [-0.05, 0) is 43.5 Å². The minimum Gasteiger partial charge on any atom is -0.497 e. The maximum Gasteiger partial charge on any atom is 0.118 e. The number of ether oxygens (including phenoxy) is 1. The van der Waals surface area contributed by atoms with E-state index in [1.807, 2.05) is 23.9 Å². The van der Waals surface area contributed by atoms with Gasteiger partial charge in [0.2, 0.25) is 0 Å². The summed E-state index contributed by atoms with van der Waals surface area (Å²) in [5.74, 6) is 0.891. The molecule has 3 nitrogen and oxygen atoms in total. The summed E-state index contributed by atoms with van der Waals surface area (Å²) in [5, 5.41) is 1.76. The summed E-state index contributed by atoms with van der Waals surface area (Å²) < 4.78 is 5.18. The van der Waals surface area contributed by atoms with Gasteiger partial charge in [-0.2, -0.15) is 0 Å². The lowest BCUT2D eigenvalue weighted by Crippen LogP contribution is -2.35. The van der Waals surface area contributed by atoms with Crippen LogP contribution in [0.3, 0.4) is 0 Å². The smallest absolute Gasteiger partial charge is 0.118 e. The lowest BCUT2D eigenvalue weighted by Gasteiger charge is -2.27. The average Bonchev–Trinajstić information content (AvgIpc) is 2.81. The highest BCUT2D eigenvalue weighted by Gasteiger charge is 2.35. The maximum atomic E-state index is 6.03. The van der Waals surface area contributed by atoms with Crippen molar-refractivity contribution in [2.24, 2.45) is 10.7 Å². The molecule has 96 valence electrons. The summed E-state index contributed by atoms with van der Waals surface area (Å²) in [6, 6.07) is 9.00. The summed E-state index contributed by atoms with van der Waals surface area (Å²) in [6.45, 7) is 0. The molecular formula is C14H18N2OS. The van der Waals surface area contributed by atoms with E-state index in [4.69, 9.17) is 15.5 Å². The maximum absolute atomic E-state index is 6.03. The van der Waals surface area contributed by atoms with Crippen molar-refractivity contribution in [1.82, 2.24) is 0 Å². The van der Waals surface area contributed by atoms with Gasteiger partial charge in [-0.1, -0.05) is 0 Å². The second kappa shape index (κ2) is 4.94. The fourth-order valence-electron chi connectivity index (χ4n) is 2.62. The standard InChI is InChI=1S/C14H18N2OS/c1-17-11-5-2-9(3-6-11)14-16-12-7-4-10(15)8-13(12)18-14/h2-3,5-6,10,12-13H,4,7-8,15H2,1H3. The SMILES string of the molecule is COc1ccc(C2=NC3CCC(N)CC3S2)cc1. The molecule has 2 N–H and O–H groups in total. The van der Waals surface area contributed by atoms with Crippen LogP contribution in [0.25, 0.3) is 0 Å². The van der Waals surface area contributed by atoms with Gasteiger partial charge in [-0.3, -0.25) is 4.99 Å². The normalized spacial score (nSPS) is 30.8.